The molecule has 0 heterocycles. The minimum atomic E-state index is -2.36. The molecule has 0 aliphatic heterocycles. The molecular weight excluding hydrogens is 536 g/mol. The number of fused-ring (bicyclic) bond motifs is 1. The average Bonchev–Trinajstić information content (AvgIpc) is 2.96. The molecular formula is C34H48O8. The third kappa shape index (κ3) is 6.35. The molecule has 1 aliphatic rings. The van der Waals surface area contributed by atoms with E-state index in [4.69, 9.17) is 18.9 Å². The first-order chi connectivity index (χ1) is 20.1. The van der Waals surface area contributed by atoms with E-state index in [-0.39, 0.29) is 39.3 Å². The molecule has 1 aromatic carbocycles. The van der Waals surface area contributed by atoms with Gasteiger partial charge in [0.1, 0.15) is 0 Å². The zero-order valence-electron chi connectivity index (χ0n) is 26.8. The summed E-state index contributed by atoms with van der Waals surface area (Å²) in [4.78, 5) is 56.2. The summed E-state index contributed by atoms with van der Waals surface area (Å²) in [6.07, 6.45) is 4.88. The normalized spacial score (nSPS) is 14.6. The minimum Gasteiger partial charge on any atom is -0.465 e. The number of hydrogen-bond donors (Lipinski definition) is 0. The fraction of sp³-hybridized carbons (Fsp3) is 0.647. The second-order valence-electron chi connectivity index (χ2n) is 10.6. The van der Waals surface area contributed by atoms with Crippen LogP contribution in [0.15, 0.2) is 0 Å². The van der Waals surface area contributed by atoms with E-state index >= 15 is 0 Å². The molecule has 0 amide bonds. The van der Waals surface area contributed by atoms with Gasteiger partial charge < -0.3 is 18.9 Å². The van der Waals surface area contributed by atoms with E-state index in [0.717, 1.165) is 66.3 Å². The number of hydrogen-bond acceptors (Lipinski definition) is 8. The first-order valence-corrected chi connectivity index (χ1v) is 15.4. The molecule has 0 saturated carbocycles. The van der Waals surface area contributed by atoms with Gasteiger partial charge in [0, 0.05) is 24.8 Å². The SMILES string of the molecule is CCCCC#Cc1c(C)c2c(c(C)c1CCCC)CC(C(=O)OCC)(C(=O)OCC)C(C(=O)OCC)(C(=O)OCC)C2. The van der Waals surface area contributed by atoms with Gasteiger partial charge in [-0.15, -0.1) is 0 Å². The van der Waals surface area contributed by atoms with Crippen molar-refractivity contribution < 1.29 is 38.1 Å². The number of benzene rings is 1. The van der Waals surface area contributed by atoms with Crippen molar-refractivity contribution in [2.45, 2.75) is 107 Å². The summed E-state index contributed by atoms with van der Waals surface area (Å²) in [5.41, 5.74) is 0.349. The zero-order valence-corrected chi connectivity index (χ0v) is 26.8. The Labute approximate surface area is 251 Å². The summed E-state index contributed by atoms with van der Waals surface area (Å²) in [6, 6.07) is 0. The maximum absolute atomic E-state index is 14.0. The first kappa shape index (κ1) is 34.9. The van der Waals surface area contributed by atoms with Crippen LogP contribution in [-0.2, 0) is 57.4 Å². The van der Waals surface area contributed by atoms with Gasteiger partial charge in [-0.3, -0.25) is 19.2 Å². The van der Waals surface area contributed by atoms with Crippen LogP contribution >= 0.6 is 0 Å². The van der Waals surface area contributed by atoms with Gasteiger partial charge in [-0.25, -0.2) is 0 Å². The lowest BCUT2D eigenvalue weighted by Gasteiger charge is -2.47. The molecule has 0 spiro atoms. The number of esters is 4. The van der Waals surface area contributed by atoms with Gasteiger partial charge in [-0.2, -0.15) is 0 Å². The second-order valence-corrected chi connectivity index (χ2v) is 10.6. The summed E-state index contributed by atoms with van der Waals surface area (Å²) in [6.45, 7) is 14.3. The predicted octanol–water partition coefficient (Wildman–Crippen LogP) is 5.51. The fourth-order valence-electron chi connectivity index (χ4n) is 5.93. The van der Waals surface area contributed by atoms with E-state index in [1.807, 2.05) is 13.8 Å². The van der Waals surface area contributed by atoms with Crippen LogP contribution in [0.25, 0.3) is 0 Å². The van der Waals surface area contributed by atoms with Crippen LogP contribution in [0.2, 0.25) is 0 Å². The fourth-order valence-corrected chi connectivity index (χ4v) is 5.93. The van der Waals surface area contributed by atoms with Crippen LogP contribution in [0.1, 0.15) is 107 Å². The molecule has 2 rings (SSSR count). The standard InChI is InChI=1S/C34H48O8/c1-9-15-17-18-20-26-24(8)28-22-34(31(37)41-13-5,32(38)42-14-6)33(29(35)39-11-3,30(36)40-12-4)21-27(28)23(7)25(26)19-16-10-2/h9-17,19,21-22H2,1-8H3. The van der Waals surface area contributed by atoms with Crippen LogP contribution in [0, 0.1) is 36.5 Å². The van der Waals surface area contributed by atoms with E-state index in [1.165, 1.54) is 0 Å². The van der Waals surface area contributed by atoms with Crippen molar-refractivity contribution in [2.75, 3.05) is 26.4 Å². The maximum atomic E-state index is 14.0. The van der Waals surface area contributed by atoms with Gasteiger partial charge in [-0.1, -0.05) is 38.5 Å². The van der Waals surface area contributed by atoms with Crippen LogP contribution in [0.4, 0.5) is 0 Å². The largest absolute Gasteiger partial charge is 0.465 e. The monoisotopic (exact) mass is 584 g/mol. The topological polar surface area (TPSA) is 105 Å². The van der Waals surface area contributed by atoms with Crippen LogP contribution < -0.4 is 0 Å². The highest BCUT2D eigenvalue weighted by atomic mass is 16.6. The van der Waals surface area contributed by atoms with E-state index < -0.39 is 34.7 Å². The van der Waals surface area contributed by atoms with Crippen LogP contribution in [0.3, 0.4) is 0 Å². The zero-order chi connectivity index (χ0) is 31.5. The number of unbranched alkanes of at least 4 members (excludes halogenated alkanes) is 3. The highest BCUT2D eigenvalue weighted by Gasteiger charge is 2.75. The summed E-state index contributed by atoms with van der Waals surface area (Å²) in [5.74, 6) is 2.65. The summed E-state index contributed by atoms with van der Waals surface area (Å²) in [5, 5.41) is 0. The molecule has 0 bridgehead atoms. The third-order valence-electron chi connectivity index (χ3n) is 8.16. The molecule has 0 saturated heterocycles. The Morgan fingerprint density at radius 2 is 1.05 bits per heavy atom. The molecule has 1 aromatic rings. The quantitative estimate of drug-likeness (QED) is 0.0983. The van der Waals surface area contributed by atoms with Gasteiger partial charge in [0.15, 0.2) is 10.8 Å². The Morgan fingerprint density at radius 1 is 0.643 bits per heavy atom. The molecule has 0 atom stereocenters. The maximum Gasteiger partial charge on any atom is 0.325 e. The Kier molecular flexibility index (Phi) is 13.1. The van der Waals surface area contributed by atoms with Crippen molar-refractivity contribution in [3.63, 3.8) is 0 Å². The predicted molar refractivity (Wildman–Crippen MR) is 160 cm³/mol. The molecule has 42 heavy (non-hydrogen) atoms. The molecule has 0 radical (unpaired) electrons. The van der Waals surface area contributed by atoms with Crippen molar-refractivity contribution >= 4 is 23.9 Å². The molecule has 0 N–H and O–H groups in total. The van der Waals surface area contributed by atoms with Crippen molar-refractivity contribution in [1.82, 2.24) is 0 Å². The Morgan fingerprint density at radius 3 is 1.43 bits per heavy atom. The first-order valence-electron chi connectivity index (χ1n) is 15.4. The molecule has 8 nitrogen and oxygen atoms in total. The number of carbonyl (C=O) groups is 4. The lowest BCUT2D eigenvalue weighted by molar-refractivity contribution is -0.204. The van der Waals surface area contributed by atoms with Gasteiger partial charge in [-0.05, 0) is 88.6 Å². The summed E-state index contributed by atoms with van der Waals surface area (Å²) in [7, 11) is 0. The highest BCUT2D eigenvalue weighted by Crippen LogP contribution is 2.54. The van der Waals surface area contributed by atoms with Gasteiger partial charge >= 0.3 is 23.9 Å². The lowest BCUT2D eigenvalue weighted by atomic mass is 9.53. The molecule has 1 aliphatic carbocycles. The average molecular weight is 585 g/mol. The van der Waals surface area contributed by atoms with Crippen molar-refractivity contribution in [2.24, 2.45) is 10.8 Å². The van der Waals surface area contributed by atoms with Gasteiger partial charge in [0.25, 0.3) is 0 Å². The van der Waals surface area contributed by atoms with Crippen molar-refractivity contribution in [1.29, 1.82) is 0 Å². The third-order valence-corrected chi connectivity index (χ3v) is 8.16. The van der Waals surface area contributed by atoms with Crippen molar-refractivity contribution in [3.8, 4) is 11.8 Å². The second kappa shape index (κ2) is 15.8. The Bertz CT molecular complexity index is 1180. The number of carbonyl (C=O) groups excluding carboxylic acids is 4. The smallest absolute Gasteiger partial charge is 0.325 e. The molecule has 232 valence electrons. The molecule has 0 aromatic heterocycles. The van der Waals surface area contributed by atoms with E-state index in [0.29, 0.717) is 5.56 Å². The lowest BCUT2D eigenvalue weighted by Crippen LogP contribution is -2.66. The summed E-state index contributed by atoms with van der Waals surface area (Å²) >= 11 is 0. The highest BCUT2D eigenvalue weighted by molar-refractivity contribution is 6.15. The minimum absolute atomic E-state index is 0.0688. The number of ether oxygens (including phenoxy) is 4. The Hall–Kier alpha value is -3.34. The van der Waals surface area contributed by atoms with E-state index in [1.54, 1.807) is 27.7 Å². The van der Waals surface area contributed by atoms with Gasteiger partial charge in [0.05, 0.1) is 26.4 Å². The Balaban J connectivity index is 3.13. The van der Waals surface area contributed by atoms with Crippen LogP contribution in [0.5, 0.6) is 0 Å². The van der Waals surface area contributed by atoms with Crippen molar-refractivity contribution in [3.05, 3.63) is 33.4 Å². The molecule has 0 fully saturated rings. The van der Waals surface area contributed by atoms with E-state index in [9.17, 15) is 19.2 Å². The van der Waals surface area contributed by atoms with Gasteiger partial charge in [0.2, 0.25) is 0 Å². The van der Waals surface area contributed by atoms with Crippen LogP contribution in [-0.4, -0.2) is 50.3 Å². The summed E-state index contributed by atoms with van der Waals surface area (Å²) < 4.78 is 21.9. The molecule has 8 heteroatoms. The molecule has 0 unspecified atom stereocenters. The number of rotatable bonds is 13. The van der Waals surface area contributed by atoms with E-state index in [2.05, 4.69) is 25.7 Å².